The molecule has 0 aromatic heterocycles. The van der Waals surface area contributed by atoms with Crippen LogP contribution in [-0.2, 0) is 9.59 Å². The van der Waals surface area contributed by atoms with Crippen LogP contribution < -0.4 is 10.7 Å². The quantitative estimate of drug-likeness (QED) is 0.387. The Morgan fingerprint density at radius 2 is 1.84 bits per heavy atom. The molecule has 2 N–H and O–H groups in total. The molecule has 7 heteroatoms. The third-order valence-electron chi connectivity index (χ3n) is 4.30. The van der Waals surface area contributed by atoms with Crippen molar-refractivity contribution in [3.05, 3.63) is 29.8 Å². The molecule has 1 aliphatic rings. The summed E-state index contributed by atoms with van der Waals surface area (Å²) in [4.78, 5) is 24.4. The Kier molecular flexibility index (Phi) is 5.50. The van der Waals surface area contributed by atoms with Crippen molar-refractivity contribution in [2.45, 2.75) is 44.3 Å². The van der Waals surface area contributed by atoms with Crippen LogP contribution in [0.25, 0.3) is 0 Å². The second-order valence-corrected chi connectivity index (χ2v) is 11.4. The van der Waals surface area contributed by atoms with E-state index in [1.54, 1.807) is 0 Å². The molecule has 0 spiro atoms. The maximum atomic E-state index is 12.3. The molecule has 0 aliphatic heterocycles. The van der Waals surface area contributed by atoms with Crippen molar-refractivity contribution in [2.75, 3.05) is 5.32 Å². The van der Waals surface area contributed by atoms with Gasteiger partial charge in [-0.05, 0) is 38.0 Å². The average molecular weight is 473 g/mol. The molecule has 5 nitrogen and oxygen atoms in total. The zero-order valence-corrected chi connectivity index (χ0v) is 18.2. The standard InChI is InChI=1S/C18H23Br2N3O2/c1-11(22-23-15(25)17(5)10-18(17,19)20)12-7-6-8-13(9-12)21-14(24)16(2,3)4/h6-9H,10H2,1-5H3,(H,21,24)(H,23,25). The number of rotatable bonds is 4. The van der Waals surface area contributed by atoms with Crippen LogP contribution in [0.2, 0.25) is 0 Å². The van der Waals surface area contributed by atoms with E-state index >= 15 is 0 Å². The maximum Gasteiger partial charge on any atom is 0.248 e. The Hall–Kier alpha value is -1.21. The summed E-state index contributed by atoms with van der Waals surface area (Å²) in [5.74, 6) is -0.196. The van der Waals surface area contributed by atoms with Gasteiger partial charge in [0.1, 0.15) is 0 Å². The topological polar surface area (TPSA) is 70.6 Å². The summed E-state index contributed by atoms with van der Waals surface area (Å²) in [6, 6.07) is 7.40. The first-order chi connectivity index (χ1) is 11.4. The van der Waals surface area contributed by atoms with Gasteiger partial charge in [0, 0.05) is 11.1 Å². The van der Waals surface area contributed by atoms with Crippen molar-refractivity contribution in [3.8, 4) is 0 Å². The van der Waals surface area contributed by atoms with Gasteiger partial charge in [0.25, 0.3) is 0 Å². The first-order valence-corrected chi connectivity index (χ1v) is 9.60. The Morgan fingerprint density at radius 1 is 1.24 bits per heavy atom. The van der Waals surface area contributed by atoms with Crippen molar-refractivity contribution < 1.29 is 9.59 Å². The molecule has 1 saturated carbocycles. The number of benzene rings is 1. The largest absolute Gasteiger partial charge is 0.326 e. The molecule has 0 radical (unpaired) electrons. The summed E-state index contributed by atoms with van der Waals surface area (Å²) in [7, 11) is 0. The molecular formula is C18H23Br2N3O2. The van der Waals surface area contributed by atoms with E-state index in [-0.39, 0.29) is 15.0 Å². The number of hydrogen-bond donors (Lipinski definition) is 2. The predicted molar refractivity (Wildman–Crippen MR) is 108 cm³/mol. The number of halogens is 2. The predicted octanol–water partition coefficient (Wildman–Crippen LogP) is 4.41. The molecule has 0 heterocycles. The van der Waals surface area contributed by atoms with Gasteiger partial charge in [-0.2, -0.15) is 5.10 Å². The average Bonchev–Trinajstić information content (AvgIpc) is 3.03. The van der Waals surface area contributed by atoms with Gasteiger partial charge < -0.3 is 5.32 Å². The molecule has 2 amide bonds. The van der Waals surface area contributed by atoms with Crippen LogP contribution in [0, 0.1) is 10.8 Å². The van der Waals surface area contributed by atoms with E-state index in [1.165, 1.54) is 0 Å². The third kappa shape index (κ3) is 4.50. The molecule has 1 aliphatic carbocycles. The highest BCUT2D eigenvalue weighted by Gasteiger charge is 2.66. The fourth-order valence-corrected chi connectivity index (χ4v) is 3.59. The molecule has 25 heavy (non-hydrogen) atoms. The van der Waals surface area contributed by atoms with E-state index in [4.69, 9.17) is 0 Å². The normalized spacial score (nSPS) is 22.3. The lowest BCUT2D eigenvalue weighted by molar-refractivity contribution is -0.125. The Morgan fingerprint density at radius 3 is 2.36 bits per heavy atom. The van der Waals surface area contributed by atoms with Gasteiger partial charge >= 0.3 is 0 Å². The fraction of sp³-hybridized carbons (Fsp3) is 0.500. The van der Waals surface area contributed by atoms with Gasteiger partial charge in [-0.15, -0.1) is 0 Å². The van der Waals surface area contributed by atoms with Gasteiger partial charge in [0.15, 0.2) is 0 Å². The molecule has 1 atom stereocenters. The smallest absolute Gasteiger partial charge is 0.248 e. The van der Waals surface area contributed by atoms with Crippen LogP contribution in [0.3, 0.4) is 0 Å². The molecule has 136 valence electrons. The molecule has 2 rings (SSSR count). The molecular weight excluding hydrogens is 450 g/mol. The molecule has 1 aromatic carbocycles. The lowest BCUT2D eigenvalue weighted by atomic mass is 9.95. The number of amides is 2. The van der Waals surface area contributed by atoms with Crippen LogP contribution in [0.15, 0.2) is 29.4 Å². The minimum Gasteiger partial charge on any atom is -0.326 e. The zero-order chi connectivity index (χ0) is 19.0. The van der Waals surface area contributed by atoms with E-state index in [0.717, 1.165) is 5.56 Å². The first-order valence-electron chi connectivity index (χ1n) is 8.01. The number of carbonyl (C=O) groups excluding carboxylic acids is 2. The summed E-state index contributed by atoms with van der Waals surface area (Å²) in [6.45, 7) is 9.27. The third-order valence-corrected chi connectivity index (χ3v) is 6.61. The monoisotopic (exact) mass is 471 g/mol. The Balaban J connectivity index is 2.07. The summed E-state index contributed by atoms with van der Waals surface area (Å²) in [5, 5.41) is 7.09. The highest BCUT2D eigenvalue weighted by atomic mass is 79.9. The number of nitrogens with zero attached hydrogens (tertiary/aromatic N) is 1. The second-order valence-electron chi connectivity index (χ2n) is 7.64. The highest BCUT2D eigenvalue weighted by molar-refractivity contribution is 9.25. The Bertz CT molecular complexity index is 738. The van der Waals surface area contributed by atoms with Gasteiger partial charge in [-0.1, -0.05) is 64.8 Å². The lowest BCUT2D eigenvalue weighted by Crippen LogP contribution is -2.30. The minimum atomic E-state index is -0.515. The number of anilines is 1. The number of hydrogen-bond acceptors (Lipinski definition) is 3. The van der Waals surface area contributed by atoms with Crippen molar-refractivity contribution in [1.29, 1.82) is 0 Å². The lowest BCUT2D eigenvalue weighted by Gasteiger charge is -2.18. The first kappa shape index (κ1) is 20.1. The van der Waals surface area contributed by atoms with Crippen molar-refractivity contribution in [1.82, 2.24) is 5.43 Å². The van der Waals surface area contributed by atoms with Crippen LogP contribution in [0.5, 0.6) is 0 Å². The zero-order valence-electron chi connectivity index (χ0n) is 15.0. The molecule has 1 unspecified atom stereocenters. The summed E-state index contributed by atoms with van der Waals surface area (Å²) in [5.41, 5.74) is 3.84. The molecule has 0 bridgehead atoms. The number of nitrogens with one attached hydrogen (secondary N) is 2. The fourth-order valence-electron chi connectivity index (χ4n) is 2.11. The van der Waals surface area contributed by atoms with E-state index in [1.807, 2.05) is 58.9 Å². The Labute approximate surface area is 165 Å². The molecule has 1 aromatic rings. The van der Waals surface area contributed by atoms with Gasteiger partial charge in [0.05, 0.1) is 14.4 Å². The van der Waals surface area contributed by atoms with E-state index < -0.39 is 10.8 Å². The second kappa shape index (κ2) is 6.83. The summed E-state index contributed by atoms with van der Waals surface area (Å²) >= 11 is 6.95. The molecule has 0 saturated heterocycles. The maximum absolute atomic E-state index is 12.3. The summed E-state index contributed by atoms with van der Waals surface area (Å²) in [6.07, 6.45) is 0.703. The SMILES string of the molecule is CC(=NNC(=O)C1(C)CC1(Br)Br)c1cccc(NC(=O)C(C)(C)C)c1. The highest BCUT2D eigenvalue weighted by Crippen LogP contribution is 2.66. The van der Waals surface area contributed by atoms with E-state index in [9.17, 15) is 9.59 Å². The summed E-state index contributed by atoms with van der Waals surface area (Å²) < 4.78 is -0.350. The number of hydrazone groups is 1. The van der Waals surface area contributed by atoms with Crippen LogP contribution in [0.4, 0.5) is 5.69 Å². The van der Waals surface area contributed by atoms with Gasteiger partial charge in [0.2, 0.25) is 11.8 Å². The number of alkyl halides is 2. The number of carbonyl (C=O) groups is 2. The van der Waals surface area contributed by atoms with Crippen molar-refractivity contribution in [2.24, 2.45) is 15.9 Å². The van der Waals surface area contributed by atoms with E-state index in [2.05, 4.69) is 47.7 Å². The van der Waals surface area contributed by atoms with Gasteiger partial charge in [-0.3, -0.25) is 9.59 Å². The van der Waals surface area contributed by atoms with Crippen molar-refractivity contribution in [3.63, 3.8) is 0 Å². The molecule has 1 fully saturated rings. The van der Waals surface area contributed by atoms with Crippen LogP contribution in [0.1, 0.15) is 46.6 Å². The minimum absolute atomic E-state index is 0.0554. The van der Waals surface area contributed by atoms with Crippen LogP contribution in [-0.4, -0.2) is 20.8 Å². The van der Waals surface area contributed by atoms with E-state index in [0.29, 0.717) is 17.8 Å². The van der Waals surface area contributed by atoms with Crippen molar-refractivity contribution >= 4 is 55.1 Å². The van der Waals surface area contributed by atoms with Crippen LogP contribution >= 0.6 is 31.9 Å². The van der Waals surface area contributed by atoms with Gasteiger partial charge in [-0.25, -0.2) is 5.43 Å².